The SMILES string of the molecule is CCC(O)(CNC1CC1)c1ccc(C(C)(C)C)cc1. The first-order valence-corrected chi connectivity index (χ1v) is 7.42. The molecule has 0 saturated heterocycles. The highest BCUT2D eigenvalue weighted by Crippen LogP contribution is 2.29. The van der Waals surface area contributed by atoms with Crippen LogP contribution in [0.2, 0.25) is 0 Å². The van der Waals surface area contributed by atoms with Crippen molar-refractivity contribution in [3.05, 3.63) is 35.4 Å². The second kappa shape index (κ2) is 5.26. The third-order valence-corrected chi connectivity index (χ3v) is 4.13. The Kier molecular flexibility index (Phi) is 4.03. The molecule has 2 heteroatoms. The van der Waals surface area contributed by atoms with Crippen LogP contribution in [0, 0.1) is 0 Å². The van der Waals surface area contributed by atoms with Gasteiger partial charge in [0.2, 0.25) is 0 Å². The Morgan fingerprint density at radius 1 is 1.11 bits per heavy atom. The van der Waals surface area contributed by atoms with Crippen LogP contribution < -0.4 is 5.32 Å². The maximum atomic E-state index is 10.8. The minimum atomic E-state index is -0.737. The fourth-order valence-electron chi connectivity index (χ4n) is 2.31. The van der Waals surface area contributed by atoms with Gasteiger partial charge in [0, 0.05) is 12.6 Å². The number of hydrogen-bond acceptors (Lipinski definition) is 2. The number of nitrogens with one attached hydrogen (secondary N) is 1. The van der Waals surface area contributed by atoms with Crippen molar-refractivity contribution >= 4 is 0 Å². The highest BCUT2D eigenvalue weighted by atomic mass is 16.3. The van der Waals surface area contributed by atoms with Gasteiger partial charge in [0.1, 0.15) is 5.60 Å². The van der Waals surface area contributed by atoms with Crippen LogP contribution >= 0.6 is 0 Å². The molecule has 2 rings (SSSR count). The first-order chi connectivity index (χ1) is 8.85. The standard InChI is InChI=1S/C17H27NO/c1-5-17(19,12-18-15-10-11-15)14-8-6-13(7-9-14)16(2,3)4/h6-9,15,18-19H,5,10-12H2,1-4H3. The average molecular weight is 261 g/mol. The summed E-state index contributed by atoms with van der Waals surface area (Å²) in [7, 11) is 0. The van der Waals surface area contributed by atoms with Crippen molar-refractivity contribution in [1.82, 2.24) is 5.32 Å². The Hall–Kier alpha value is -0.860. The zero-order chi connectivity index (χ0) is 14.1. The molecule has 0 aromatic heterocycles. The molecule has 1 aromatic carbocycles. The van der Waals surface area contributed by atoms with E-state index < -0.39 is 5.60 Å². The summed E-state index contributed by atoms with van der Waals surface area (Å²) >= 11 is 0. The lowest BCUT2D eigenvalue weighted by atomic mass is 9.84. The Morgan fingerprint density at radius 2 is 1.63 bits per heavy atom. The van der Waals surface area contributed by atoms with Gasteiger partial charge < -0.3 is 10.4 Å². The molecule has 19 heavy (non-hydrogen) atoms. The molecule has 2 N–H and O–H groups in total. The summed E-state index contributed by atoms with van der Waals surface area (Å²) in [5.74, 6) is 0. The molecule has 0 bridgehead atoms. The summed E-state index contributed by atoms with van der Waals surface area (Å²) in [5.41, 5.74) is 1.76. The zero-order valence-electron chi connectivity index (χ0n) is 12.7. The molecule has 0 radical (unpaired) electrons. The van der Waals surface area contributed by atoms with Gasteiger partial charge in [-0.1, -0.05) is 52.0 Å². The van der Waals surface area contributed by atoms with Crippen LogP contribution in [0.25, 0.3) is 0 Å². The highest BCUT2D eigenvalue weighted by Gasteiger charge is 2.30. The molecule has 0 amide bonds. The summed E-state index contributed by atoms with van der Waals surface area (Å²) < 4.78 is 0. The van der Waals surface area contributed by atoms with Gasteiger partial charge in [-0.05, 0) is 35.8 Å². The quantitative estimate of drug-likeness (QED) is 0.852. The normalized spacial score (nSPS) is 19.2. The van der Waals surface area contributed by atoms with Crippen LogP contribution in [0.4, 0.5) is 0 Å². The molecular formula is C17H27NO. The molecule has 1 unspecified atom stereocenters. The van der Waals surface area contributed by atoms with Crippen molar-refractivity contribution < 1.29 is 5.11 Å². The molecule has 2 nitrogen and oxygen atoms in total. The van der Waals surface area contributed by atoms with Crippen molar-refractivity contribution in [3.63, 3.8) is 0 Å². The Bertz CT molecular complexity index is 414. The van der Waals surface area contributed by atoms with Crippen molar-refractivity contribution in [3.8, 4) is 0 Å². The van der Waals surface area contributed by atoms with Crippen LogP contribution in [0.3, 0.4) is 0 Å². The molecule has 1 aliphatic rings. The fraction of sp³-hybridized carbons (Fsp3) is 0.647. The lowest BCUT2D eigenvalue weighted by Crippen LogP contribution is -2.38. The van der Waals surface area contributed by atoms with Gasteiger partial charge in [-0.15, -0.1) is 0 Å². The summed E-state index contributed by atoms with van der Waals surface area (Å²) in [6.07, 6.45) is 3.24. The lowest BCUT2D eigenvalue weighted by molar-refractivity contribution is 0.0322. The zero-order valence-corrected chi connectivity index (χ0v) is 12.7. The third-order valence-electron chi connectivity index (χ3n) is 4.13. The number of rotatable bonds is 5. The van der Waals surface area contributed by atoms with E-state index in [9.17, 15) is 5.11 Å². The minimum Gasteiger partial charge on any atom is -0.384 e. The van der Waals surface area contributed by atoms with E-state index >= 15 is 0 Å². The first kappa shape index (κ1) is 14.5. The molecule has 106 valence electrons. The monoisotopic (exact) mass is 261 g/mol. The largest absolute Gasteiger partial charge is 0.384 e. The average Bonchev–Trinajstić information content (AvgIpc) is 3.19. The molecule has 0 aliphatic heterocycles. The summed E-state index contributed by atoms with van der Waals surface area (Å²) in [6.45, 7) is 9.34. The maximum absolute atomic E-state index is 10.8. The molecule has 0 spiro atoms. The fourth-order valence-corrected chi connectivity index (χ4v) is 2.31. The number of benzene rings is 1. The molecule has 1 saturated carbocycles. The second-order valence-electron chi connectivity index (χ2n) is 6.87. The van der Waals surface area contributed by atoms with Gasteiger partial charge in [-0.3, -0.25) is 0 Å². The lowest BCUT2D eigenvalue weighted by Gasteiger charge is -2.29. The van der Waals surface area contributed by atoms with E-state index in [4.69, 9.17) is 0 Å². The molecule has 1 atom stereocenters. The van der Waals surface area contributed by atoms with E-state index in [-0.39, 0.29) is 5.41 Å². The van der Waals surface area contributed by atoms with Crippen LogP contribution in [0.15, 0.2) is 24.3 Å². The summed E-state index contributed by atoms with van der Waals surface area (Å²) in [4.78, 5) is 0. The van der Waals surface area contributed by atoms with Crippen LogP contribution in [0.1, 0.15) is 58.1 Å². The molecule has 0 heterocycles. The second-order valence-corrected chi connectivity index (χ2v) is 6.87. The van der Waals surface area contributed by atoms with Crippen LogP contribution in [-0.4, -0.2) is 17.7 Å². The topological polar surface area (TPSA) is 32.3 Å². The van der Waals surface area contributed by atoms with Crippen molar-refractivity contribution in [2.45, 2.75) is 64.0 Å². The molecule has 1 fully saturated rings. The maximum Gasteiger partial charge on any atom is 0.102 e. The van der Waals surface area contributed by atoms with Crippen LogP contribution in [-0.2, 0) is 11.0 Å². The van der Waals surface area contributed by atoms with E-state index in [1.165, 1.54) is 18.4 Å². The molecule has 1 aliphatic carbocycles. The van der Waals surface area contributed by atoms with E-state index in [1.54, 1.807) is 0 Å². The van der Waals surface area contributed by atoms with Gasteiger partial charge in [-0.25, -0.2) is 0 Å². The molecular weight excluding hydrogens is 234 g/mol. The smallest absolute Gasteiger partial charge is 0.102 e. The van der Waals surface area contributed by atoms with Gasteiger partial charge in [0.15, 0.2) is 0 Å². The first-order valence-electron chi connectivity index (χ1n) is 7.42. The van der Waals surface area contributed by atoms with Gasteiger partial charge >= 0.3 is 0 Å². The summed E-state index contributed by atoms with van der Waals surface area (Å²) in [5, 5.41) is 14.2. The van der Waals surface area contributed by atoms with E-state index in [1.807, 2.05) is 6.92 Å². The van der Waals surface area contributed by atoms with Gasteiger partial charge in [-0.2, -0.15) is 0 Å². The van der Waals surface area contributed by atoms with Crippen LogP contribution in [0.5, 0.6) is 0 Å². The minimum absolute atomic E-state index is 0.162. The third kappa shape index (κ3) is 3.58. The number of hydrogen-bond donors (Lipinski definition) is 2. The van der Waals surface area contributed by atoms with E-state index in [0.717, 1.165) is 12.0 Å². The van der Waals surface area contributed by atoms with Gasteiger partial charge in [0.05, 0.1) is 0 Å². The van der Waals surface area contributed by atoms with E-state index in [2.05, 4.69) is 50.4 Å². The Morgan fingerprint density at radius 3 is 2.05 bits per heavy atom. The highest BCUT2D eigenvalue weighted by molar-refractivity contribution is 5.31. The molecule has 1 aromatic rings. The summed E-state index contributed by atoms with van der Waals surface area (Å²) in [6, 6.07) is 9.09. The predicted molar refractivity (Wildman–Crippen MR) is 80.4 cm³/mol. The van der Waals surface area contributed by atoms with Crippen molar-refractivity contribution in [1.29, 1.82) is 0 Å². The number of aliphatic hydroxyl groups is 1. The predicted octanol–water partition coefficient (Wildman–Crippen LogP) is 3.33. The van der Waals surface area contributed by atoms with Crippen molar-refractivity contribution in [2.75, 3.05) is 6.54 Å². The van der Waals surface area contributed by atoms with E-state index in [0.29, 0.717) is 12.6 Å². The van der Waals surface area contributed by atoms with Gasteiger partial charge in [0.25, 0.3) is 0 Å². The van der Waals surface area contributed by atoms with Crippen molar-refractivity contribution in [2.24, 2.45) is 0 Å². The Labute approximate surface area is 117 Å². The Balaban J connectivity index is 2.12.